The molecule has 0 aliphatic heterocycles. The maximum absolute atomic E-state index is 12.2. The summed E-state index contributed by atoms with van der Waals surface area (Å²) < 4.78 is 36.6. The van der Waals surface area contributed by atoms with Crippen molar-refractivity contribution < 1.29 is 22.9 Å². The number of alkyl halides is 3. The van der Waals surface area contributed by atoms with Crippen molar-refractivity contribution >= 4 is 12.1 Å². The zero-order chi connectivity index (χ0) is 11.6. The van der Waals surface area contributed by atoms with E-state index in [1.165, 1.54) is 0 Å². The van der Waals surface area contributed by atoms with E-state index >= 15 is 0 Å². The molecule has 0 saturated carbocycles. The molecule has 15 heavy (non-hydrogen) atoms. The summed E-state index contributed by atoms with van der Waals surface area (Å²) >= 11 is 0. The topological polar surface area (TPSA) is 73.1 Å². The number of carbonyl (C=O) groups is 1. The lowest BCUT2D eigenvalue weighted by atomic mass is 10.1. The van der Waals surface area contributed by atoms with Crippen molar-refractivity contribution in [1.29, 1.82) is 0 Å². The lowest BCUT2D eigenvalue weighted by Crippen LogP contribution is -2.10. The average Bonchev–Trinajstić information content (AvgIpc) is 2.15. The summed E-state index contributed by atoms with van der Waals surface area (Å²) in [7, 11) is 0. The Hall–Kier alpha value is -1.99. The van der Waals surface area contributed by atoms with E-state index < -0.39 is 28.0 Å². The van der Waals surface area contributed by atoms with Crippen LogP contribution in [0.15, 0.2) is 12.3 Å². The van der Waals surface area contributed by atoms with Crippen LogP contribution in [0.4, 0.5) is 19.0 Å². The number of aromatic nitrogens is 1. The lowest BCUT2D eigenvalue weighted by Gasteiger charge is -2.06. The number of pyridine rings is 1. The standard InChI is InChI=1S/C7H3F3N2O3/c8-7(9,10)5-2-11-6(12(14)15)1-4(5)3-13/h1-3H. The molecule has 0 unspecified atom stereocenters. The van der Waals surface area contributed by atoms with Gasteiger partial charge in [0, 0.05) is 11.6 Å². The Kier molecular flexibility index (Phi) is 2.69. The van der Waals surface area contributed by atoms with Gasteiger partial charge in [-0.2, -0.15) is 13.2 Å². The van der Waals surface area contributed by atoms with E-state index in [9.17, 15) is 28.1 Å². The van der Waals surface area contributed by atoms with Gasteiger partial charge in [-0.25, -0.2) is 0 Å². The van der Waals surface area contributed by atoms with E-state index in [0.717, 1.165) is 0 Å². The number of hydrogen-bond donors (Lipinski definition) is 0. The molecule has 1 aromatic heterocycles. The Bertz CT molecular complexity index is 416. The van der Waals surface area contributed by atoms with Crippen molar-refractivity contribution in [3.63, 3.8) is 0 Å². The summed E-state index contributed by atoms with van der Waals surface area (Å²) in [6, 6.07) is 0.482. The van der Waals surface area contributed by atoms with Gasteiger partial charge in [0.15, 0.2) is 12.5 Å². The second kappa shape index (κ2) is 3.64. The summed E-state index contributed by atoms with van der Waals surface area (Å²) in [6.07, 6.45) is -4.59. The Morgan fingerprint density at radius 2 is 2.07 bits per heavy atom. The number of hydrogen-bond acceptors (Lipinski definition) is 4. The van der Waals surface area contributed by atoms with Gasteiger partial charge in [0.2, 0.25) is 0 Å². The maximum atomic E-state index is 12.2. The molecule has 1 rings (SSSR count). The molecular weight excluding hydrogens is 217 g/mol. The van der Waals surface area contributed by atoms with Crippen molar-refractivity contribution in [2.24, 2.45) is 0 Å². The van der Waals surface area contributed by atoms with Crippen LogP contribution in [-0.2, 0) is 6.18 Å². The molecule has 0 radical (unpaired) electrons. The average molecular weight is 220 g/mol. The van der Waals surface area contributed by atoms with E-state index in [2.05, 4.69) is 4.98 Å². The molecule has 1 heterocycles. The first-order chi connectivity index (χ1) is 6.86. The molecule has 5 nitrogen and oxygen atoms in total. The van der Waals surface area contributed by atoms with Crippen LogP contribution in [-0.4, -0.2) is 16.2 Å². The number of rotatable bonds is 2. The minimum absolute atomic E-state index is 0.0997. The Morgan fingerprint density at radius 1 is 1.47 bits per heavy atom. The van der Waals surface area contributed by atoms with E-state index in [1.54, 1.807) is 0 Å². The van der Waals surface area contributed by atoms with Gasteiger partial charge in [0.25, 0.3) is 0 Å². The highest BCUT2D eigenvalue weighted by molar-refractivity contribution is 5.78. The number of aldehydes is 1. The van der Waals surface area contributed by atoms with Crippen LogP contribution in [0.3, 0.4) is 0 Å². The summed E-state index contributed by atoms with van der Waals surface area (Å²) in [5.41, 5.74) is -2.09. The van der Waals surface area contributed by atoms with Gasteiger partial charge in [-0.1, -0.05) is 0 Å². The third kappa shape index (κ3) is 2.27. The molecule has 0 bridgehead atoms. The Morgan fingerprint density at radius 3 is 2.47 bits per heavy atom. The molecule has 0 fully saturated rings. The second-order valence-electron chi connectivity index (χ2n) is 2.50. The van der Waals surface area contributed by atoms with Crippen LogP contribution < -0.4 is 0 Å². The van der Waals surface area contributed by atoms with Crippen molar-refractivity contribution in [3.8, 4) is 0 Å². The maximum Gasteiger partial charge on any atom is 0.420 e. The van der Waals surface area contributed by atoms with Gasteiger partial charge >= 0.3 is 12.0 Å². The summed E-state index contributed by atoms with van der Waals surface area (Å²) in [6.45, 7) is 0. The first-order valence-corrected chi connectivity index (χ1v) is 3.53. The van der Waals surface area contributed by atoms with Crippen LogP contribution in [0.25, 0.3) is 0 Å². The van der Waals surface area contributed by atoms with Gasteiger partial charge in [-0.05, 0) is 9.91 Å². The van der Waals surface area contributed by atoms with Crippen LogP contribution in [0.2, 0.25) is 0 Å². The van der Waals surface area contributed by atoms with E-state index in [4.69, 9.17) is 0 Å². The van der Waals surface area contributed by atoms with Crippen molar-refractivity contribution in [2.45, 2.75) is 6.18 Å². The molecule has 0 atom stereocenters. The zero-order valence-corrected chi connectivity index (χ0v) is 6.99. The van der Waals surface area contributed by atoms with Gasteiger partial charge < -0.3 is 10.1 Å². The minimum atomic E-state index is -4.75. The fourth-order valence-corrected chi connectivity index (χ4v) is 0.894. The predicted octanol–water partition coefficient (Wildman–Crippen LogP) is 1.82. The lowest BCUT2D eigenvalue weighted by molar-refractivity contribution is -0.389. The molecule has 0 saturated heterocycles. The quantitative estimate of drug-likeness (QED) is 0.433. The second-order valence-corrected chi connectivity index (χ2v) is 2.50. The monoisotopic (exact) mass is 220 g/mol. The third-order valence-electron chi connectivity index (χ3n) is 1.54. The molecule has 0 aliphatic carbocycles. The zero-order valence-electron chi connectivity index (χ0n) is 6.99. The van der Waals surface area contributed by atoms with Crippen LogP contribution in [0, 0.1) is 10.1 Å². The molecular formula is C7H3F3N2O3. The number of halogens is 3. The van der Waals surface area contributed by atoms with Crippen molar-refractivity contribution in [1.82, 2.24) is 4.98 Å². The summed E-state index contributed by atoms with van der Waals surface area (Å²) in [5, 5.41) is 10.2. The first kappa shape index (κ1) is 11.1. The highest BCUT2D eigenvalue weighted by Gasteiger charge is 2.36. The minimum Gasteiger partial charge on any atom is -0.358 e. The van der Waals surface area contributed by atoms with Gasteiger partial charge in [-0.15, -0.1) is 0 Å². The Labute approximate surface area is 80.7 Å². The molecule has 0 N–H and O–H groups in total. The fourth-order valence-electron chi connectivity index (χ4n) is 0.894. The van der Waals surface area contributed by atoms with E-state index in [1.807, 2.05) is 0 Å². The molecule has 0 amide bonds. The van der Waals surface area contributed by atoms with Gasteiger partial charge in [-0.3, -0.25) is 4.79 Å². The third-order valence-corrected chi connectivity index (χ3v) is 1.54. The largest absolute Gasteiger partial charge is 0.420 e. The predicted molar refractivity (Wildman–Crippen MR) is 41.3 cm³/mol. The molecule has 80 valence electrons. The van der Waals surface area contributed by atoms with Crippen LogP contribution >= 0.6 is 0 Å². The van der Waals surface area contributed by atoms with Gasteiger partial charge in [0.05, 0.1) is 0 Å². The highest BCUT2D eigenvalue weighted by atomic mass is 19.4. The van der Waals surface area contributed by atoms with Crippen molar-refractivity contribution in [2.75, 3.05) is 0 Å². The molecule has 0 spiro atoms. The summed E-state index contributed by atoms with van der Waals surface area (Å²) in [4.78, 5) is 22.5. The molecule has 1 aromatic rings. The smallest absolute Gasteiger partial charge is 0.358 e. The first-order valence-electron chi connectivity index (χ1n) is 3.53. The van der Waals surface area contributed by atoms with Crippen LogP contribution in [0.1, 0.15) is 15.9 Å². The SMILES string of the molecule is O=Cc1cc([N+](=O)[O-])ncc1C(F)(F)F. The highest BCUT2D eigenvalue weighted by Crippen LogP contribution is 2.31. The molecule has 8 heteroatoms. The summed E-state index contributed by atoms with van der Waals surface area (Å²) in [5.74, 6) is -0.801. The van der Waals surface area contributed by atoms with E-state index in [-0.39, 0.29) is 12.5 Å². The number of nitro groups is 1. The molecule has 0 aromatic carbocycles. The molecule has 0 aliphatic rings. The number of nitrogens with zero attached hydrogens (tertiary/aromatic N) is 2. The van der Waals surface area contributed by atoms with Gasteiger partial charge in [0.1, 0.15) is 5.56 Å². The van der Waals surface area contributed by atoms with E-state index in [0.29, 0.717) is 6.07 Å². The number of carbonyl (C=O) groups excluding carboxylic acids is 1. The fraction of sp³-hybridized carbons (Fsp3) is 0.143. The van der Waals surface area contributed by atoms with Crippen molar-refractivity contribution in [3.05, 3.63) is 33.5 Å². The van der Waals surface area contributed by atoms with Crippen LogP contribution in [0.5, 0.6) is 0 Å². The normalized spacial score (nSPS) is 11.1. The Balaban J connectivity index is 3.33.